The lowest BCUT2D eigenvalue weighted by atomic mass is 10.3. The zero-order chi connectivity index (χ0) is 13.5. The number of rotatable bonds is 5. The second-order valence-corrected chi connectivity index (χ2v) is 4.23. The number of aliphatic carboxylic acids is 1. The molecule has 0 spiro atoms. The van der Waals surface area contributed by atoms with E-state index in [4.69, 9.17) is 5.11 Å². The molecule has 2 amide bonds. The van der Waals surface area contributed by atoms with Crippen LogP contribution in [0.25, 0.3) is 0 Å². The predicted molar refractivity (Wildman–Crippen MR) is 69.6 cm³/mol. The molecule has 0 aromatic heterocycles. The predicted octanol–water partition coefficient (Wildman–Crippen LogP) is 2.40. The number of carboxylic acids is 1. The van der Waals surface area contributed by atoms with Gasteiger partial charge in [-0.15, -0.1) is 0 Å². The smallest absolute Gasteiger partial charge is 0.322 e. The minimum Gasteiger partial charge on any atom is -0.481 e. The fourth-order valence-electron chi connectivity index (χ4n) is 1.53. The number of hydrogen-bond donors (Lipinski definition) is 2. The van der Waals surface area contributed by atoms with Gasteiger partial charge in [-0.3, -0.25) is 4.79 Å². The Kier molecular flexibility index (Phi) is 5.17. The van der Waals surface area contributed by atoms with E-state index in [-0.39, 0.29) is 25.0 Å². The minimum absolute atomic E-state index is 0.0481. The highest BCUT2D eigenvalue weighted by molar-refractivity contribution is 5.89. The zero-order valence-electron chi connectivity index (χ0n) is 10.6. The van der Waals surface area contributed by atoms with Crippen LogP contribution in [0.15, 0.2) is 30.3 Å². The Morgan fingerprint density at radius 3 is 2.39 bits per heavy atom. The highest BCUT2D eigenvalue weighted by Gasteiger charge is 2.17. The van der Waals surface area contributed by atoms with Gasteiger partial charge in [0.2, 0.25) is 0 Å². The van der Waals surface area contributed by atoms with Gasteiger partial charge >= 0.3 is 12.0 Å². The van der Waals surface area contributed by atoms with Crippen molar-refractivity contribution in [2.24, 2.45) is 0 Å². The molecule has 0 heterocycles. The highest BCUT2D eigenvalue weighted by atomic mass is 16.4. The van der Waals surface area contributed by atoms with E-state index >= 15 is 0 Å². The number of hydrogen-bond acceptors (Lipinski definition) is 2. The number of nitrogens with one attached hydrogen (secondary N) is 1. The van der Waals surface area contributed by atoms with Gasteiger partial charge in [0.25, 0.3) is 0 Å². The molecule has 0 fully saturated rings. The number of nitrogens with zero attached hydrogens (tertiary/aromatic N) is 1. The summed E-state index contributed by atoms with van der Waals surface area (Å²) in [5, 5.41) is 11.4. The average Bonchev–Trinajstić information content (AvgIpc) is 2.29. The first-order valence-electron chi connectivity index (χ1n) is 5.85. The molecule has 2 N–H and O–H groups in total. The number of benzene rings is 1. The monoisotopic (exact) mass is 250 g/mol. The Morgan fingerprint density at radius 2 is 1.89 bits per heavy atom. The largest absolute Gasteiger partial charge is 0.481 e. The molecule has 5 heteroatoms. The molecule has 0 aliphatic rings. The maximum absolute atomic E-state index is 12.0. The molecule has 0 bridgehead atoms. The van der Waals surface area contributed by atoms with Crippen LogP contribution in [0.1, 0.15) is 20.3 Å². The van der Waals surface area contributed by atoms with Gasteiger partial charge in [0, 0.05) is 18.3 Å². The van der Waals surface area contributed by atoms with E-state index < -0.39 is 5.97 Å². The number of para-hydroxylation sites is 1. The number of carbonyl (C=O) groups excluding carboxylic acids is 1. The molecule has 0 saturated carbocycles. The normalized spacial score (nSPS) is 10.2. The van der Waals surface area contributed by atoms with Gasteiger partial charge in [-0.1, -0.05) is 18.2 Å². The minimum atomic E-state index is -0.909. The molecule has 1 rings (SSSR count). The SMILES string of the molecule is CC(C)N(CCC(=O)O)C(=O)Nc1ccccc1. The molecule has 18 heavy (non-hydrogen) atoms. The average molecular weight is 250 g/mol. The molecule has 5 nitrogen and oxygen atoms in total. The van der Waals surface area contributed by atoms with Crippen LogP contribution < -0.4 is 5.32 Å². The molecule has 0 atom stereocenters. The Balaban J connectivity index is 2.62. The summed E-state index contributed by atoms with van der Waals surface area (Å²) in [5.74, 6) is -0.909. The van der Waals surface area contributed by atoms with Crippen molar-refractivity contribution in [2.75, 3.05) is 11.9 Å². The first-order chi connectivity index (χ1) is 8.50. The molecule has 0 aliphatic carbocycles. The summed E-state index contributed by atoms with van der Waals surface area (Å²) in [6.45, 7) is 3.91. The summed E-state index contributed by atoms with van der Waals surface area (Å²) in [5.41, 5.74) is 0.698. The van der Waals surface area contributed by atoms with Gasteiger partial charge in [0.15, 0.2) is 0 Å². The molecular weight excluding hydrogens is 232 g/mol. The van der Waals surface area contributed by atoms with Crippen LogP contribution in [0.4, 0.5) is 10.5 Å². The Labute approximate surface area is 106 Å². The molecule has 0 saturated heterocycles. The second kappa shape index (κ2) is 6.64. The third-order valence-corrected chi connectivity index (χ3v) is 2.48. The maximum Gasteiger partial charge on any atom is 0.322 e. The fourth-order valence-corrected chi connectivity index (χ4v) is 1.53. The van der Waals surface area contributed by atoms with Crippen molar-refractivity contribution < 1.29 is 14.7 Å². The van der Waals surface area contributed by atoms with Crippen LogP contribution in [0, 0.1) is 0 Å². The van der Waals surface area contributed by atoms with Crippen LogP contribution >= 0.6 is 0 Å². The Hall–Kier alpha value is -2.04. The second-order valence-electron chi connectivity index (χ2n) is 4.23. The van der Waals surface area contributed by atoms with E-state index in [1.54, 1.807) is 12.1 Å². The van der Waals surface area contributed by atoms with E-state index in [1.165, 1.54) is 4.90 Å². The van der Waals surface area contributed by atoms with Gasteiger partial charge in [0.1, 0.15) is 0 Å². The van der Waals surface area contributed by atoms with Crippen LogP contribution in [-0.4, -0.2) is 34.6 Å². The molecule has 0 radical (unpaired) electrons. The molecule has 1 aromatic carbocycles. The maximum atomic E-state index is 12.0. The quantitative estimate of drug-likeness (QED) is 0.843. The van der Waals surface area contributed by atoms with Gasteiger partial charge in [0.05, 0.1) is 6.42 Å². The van der Waals surface area contributed by atoms with E-state index in [0.29, 0.717) is 5.69 Å². The molecule has 0 unspecified atom stereocenters. The van der Waals surface area contributed by atoms with Crippen molar-refractivity contribution in [2.45, 2.75) is 26.3 Å². The van der Waals surface area contributed by atoms with Crippen molar-refractivity contribution in [3.8, 4) is 0 Å². The summed E-state index contributed by atoms with van der Waals surface area (Å²) >= 11 is 0. The molecule has 0 aliphatic heterocycles. The van der Waals surface area contributed by atoms with Crippen molar-refractivity contribution >= 4 is 17.7 Å². The first kappa shape index (κ1) is 14.0. The van der Waals surface area contributed by atoms with Gasteiger partial charge < -0.3 is 15.3 Å². The Bertz CT molecular complexity index is 404. The van der Waals surface area contributed by atoms with Gasteiger partial charge in [-0.2, -0.15) is 0 Å². The number of carbonyl (C=O) groups is 2. The molecular formula is C13H18N2O3. The van der Waals surface area contributed by atoms with Crippen LogP contribution in [-0.2, 0) is 4.79 Å². The number of amides is 2. The van der Waals surface area contributed by atoms with Gasteiger partial charge in [-0.05, 0) is 26.0 Å². The zero-order valence-corrected chi connectivity index (χ0v) is 10.6. The summed E-state index contributed by atoms with van der Waals surface area (Å²) in [4.78, 5) is 24.0. The van der Waals surface area contributed by atoms with Crippen molar-refractivity contribution in [1.82, 2.24) is 4.90 Å². The standard InChI is InChI=1S/C13H18N2O3/c1-10(2)15(9-8-12(16)17)13(18)14-11-6-4-3-5-7-11/h3-7,10H,8-9H2,1-2H3,(H,14,18)(H,16,17). The molecule has 1 aromatic rings. The van der Waals surface area contributed by atoms with Crippen molar-refractivity contribution in [3.05, 3.63) is 30.3 Å². The summed E-state index contributed by atoms with van der Waals surface area (Å²) in [7, 11) is 0. The topological polar surface area (TPSA) is 69.6 Å². The van der Waals surface area contributed by atoms with E-state index in [0.717, 1.165) is 0 Å². The summed E-state index contributed by atoms with van der Waals surface area (Å²) in [6.07, 6.45) is -0.0552. The lowest BCUT2D eigenvalue weighted by molar-refractivity contribution is -0.137. The number of urea groups is 1. The lowest BCUT2D eigenvalue weighted by Gasteiger charge is -2.26. The van der Waals surface area contributed by atoms with Crippen LogP contribution in [0.5, 0.6) is 0 Å². The van der Waals surface area contributed by atoms with E-state index in [2.05, 4.69) is 5.32 Å². The summed E-state index contributed by atoms with van der Waals surface area (Å²) < 4.78 is 0. The Morgan fingerprint density at radius 1 is 1.28 bits per heavy atom. The lowest BCUT2D eigenvalue weighted by Crippen LogP contribution is -2.41. The first-order valence-corrected chi connectivity index (χ1v) is 5.85. The fraction of sp³-hybridized carbons (Fsp3) is 0.385. The van der Waals surface area contributed by atoms with E-state index in [9.17, 15) is 9.59 Å². The summed E-state index contributed by atoms with van der Waals surface area (Å²) in [6, 6.07) is 8.76. The number of carboxylic acid groups (broad SMARTS) is 1. The van der Waals surface area contributed by atoms with Crippen molar-refractivity contribution in [1.29, 1.82) is 0 Å². The third kappa shape index (κ3) is 4.45. The third-order valence-electron chi connectivity index (χ3n) is 2.48. The number of anilines is 1. The van der Waals surface area contributed by atoms with E-state index in [1.807, 2.05) is 32.0 Å². The van der Waals surface area contributed by atoms with Crippen molar-refractivity contribution in [3.63, 3.8) is 0 Å². The highest BCUT2D eigenvalue weighted by Crippen LogP contribution is 2.09. The van der Waals surface area contributed by atoms with Crippen LogP contribution in [0.2, 0.25) is 0 Å². The molecule has 98 valence electrons. The van der Waals surface area contributed by atoms with Crippen LogP contribution in [0.3, 0.4) is 0 Å². The van der Waals surface area contributed by atoms with Gasteiger partial charge in [-0.25, -0.2) is 4.79 Å².